The van der Waals surface area contributed by atoms with Crippen molar-refractivity contribution in [1.29, 1.82) is 0 Å². The first-order valence-corrected chi connectivity index (χ1v) is 9.07. The fraction of sp³-hybridized carbons (Fsp3) is 0.846. The largest absolute Gasteiger partial charge is 0.352 e. The molecule has 2 rings (SSSR count). The molecule has 1 unspecified atom stereocenters. The van der Waals surface area contributed by atoms with Crippen LogP contribution in [0, 0.1) is 0 Å². The molecule has 1 N–H and O–H groups in total. The highest BCUT2D eigenvalue weighted by molar-refractivity contribution is 7.88. The Bertz CT molecular complexity index is 544. The molecule has 2 heterocycles. The first kappa shape index (κ1) is 16.2. The summed E-state index contributed by atoms with van der Waals surface area (Å²) in [7, 11) is -3.42. The van der Waals surface area contributed by atoms with Gasteiger partial charge in [0.1, 0.15) is 11.6 Å². The standard InChI is InChI=1S/C13H23N3O4S/c1-13(2)12(18)14-7-9-15(13)11(17)10-6-4-5-8-16(10)21(3,19)20/h10H,4-9H2,1-3H3,(H,14,18). The van der Waals surface area contributed by atoms with E-state index in [1.165, 1.54) is 9.21 Å². The highest BCUT2D eigenvalue weighted by Gasteiger charge is 2.45. The number of rotatable bonds is 2. The number of carbonyl (C=O) groups excluding carboxylic acids is 2. The maximum atomic E-state index is 12.8. The highest BCUT2D eigenvalue weighted by atomic mass is 32.2. The minimum absolute atomic E-state index is 0.205. The normalized spacial score (nSPS) is 27.3. The first-order valence-electron chi connectivity index (χ1n) is 7.22. The van der Waals surface area contributed by atoms with Gasteiger partial charge in [-0.2, -0.15) is 4.31 Å². The van der Waals surface area contributed by atoms with Gasteiger partial charge in [0.2, 0.25) is 21.8 Å². The van der Waals surface area contributed by atoms with Gasteiger partial charge in [0.25, 0.3) is 0 Å². The van der Waals surface area contributed by atoms with Crippen molar-refractivity contribution in [2.24, 2.45) is 0 Å². The van der Waals surface area contributed by atoms with Crippen molar-refractivity contribution in [2.75, 3.05) is 25.9 Å². The molecule has 1 atom stereocenters. The zero-order chi connectivity index (χ0) is 15.8. The number of nitrogens with one attached hydrogen (secondary N) is 1. The molecule has 2 aliphatic rings. The molecule has 120 valence electrons. The molecule has 0 aliphatic carbocycles. The summed E-state index contributed by atoms with van der Waals surface area (Å²) in [5.41, 5.74) is -0.948. The second-order valence-electron chi connectivity index (χ2n) is 6.19. The van der Waals surface area contributed by atoms with Gasteiger partial charge in [0, 0.05) is 19.6 Å². The van der Waals surface area contributed by atoms with Crippen LogP contribution in [0.3, 0.4) is 0 Å². The molecule has 0 aromatic rings. The monoisotopic (exact) mass is 317 g/mol. The lowest BCUT2D eigenvalue weighted by atomic mass is 9.95. The molecular weight excluding hydrogens is 294 g/mol. The average molecular weight is 317 g/mol. The first-order chi connectivity index (χ1) is 9.65. The van der Waals surface area contributed by atoms with E-state index in [9.17, 15) is 18.0 Å². The second-order valence-corrected chi connectivity index (χ2v) is 8.13. The number of hydrogen-bond acceptors (Lipinski definition) is 4. The Kier molecular flexibility index (Phi) is 4.30. The maximum absolute atomic E-state index is 12.8. The smallest absolute Gasteiger partial charge is 0.245 e. The molecule has 0 spiro atoms. The van der Waals surface area contributed by atoms with Crippen molar-refractivity contribution in [2.45, 2.75) is 44.7 Å². The van der Waals surface area contributed by atoms with Crippen LogP contribution in [-0.2, 0) is 19.6 Å². The molecule has 2 amide bonds. The van der Waals surface area contributed by atoms with E-state index in [0.717, 1.165) is 19.1 Å². The van der Waals surface area contributed by atoms with Crippen molar-refractivity contribution in [1.82, 2.24) is 14.5 Å². The van der Waals surface area contributed by atoms with E-state index in [4.69, 9.17) is 0 Å². The highest BCUT2D eigenvalue weighted by Crippen LogP contribution is 2.26. The van der Waals surface area contributed by atoms with E-state index >= 15 is 0 Å². The van der Waals surface area contributed by atoms with Crippen LogP contribution in [0.15, 0.2) is 0 Å². The van der Waals surface area contributed by atoms with Crippen LogP contribution >= 0.6 is 0 Å². The fourth-order valence-corrected chi connectivity index (χ4v) is 4.13. The van der Waals surface area contributed by atoms with Gasteiger partial charge in [-0.05, 0) is 26.7 Å². The zero-order valence-electron chi connectivity index (χ0n) is 12.8. The van der Waals surface area contributed by atoms with Gasteiger partial charge >= 0.3 is 0 Å². The summed E-state index contributed by atoms with van der Waals surface area (Å²) in [5.74, 6) is -0.469. The van der Waals surface area contributed by atoms with Gasteiger partial charge in [-0.3, -0.25) is 9.59 Å². The number of carbonyl (C=O) groups is 2. The third kappa shape index (κ3) is 3.06. The van der Waals surface area contributed by atoms with E-state index in [1.54, 1.807) is 13.8 Å². The number of piperidine rings is 1. The van der Waals surface area contributed by atoms with E-state index in [-0.39, 0.29) is 11.8 Å². The third-order valence-electron chi connectivity index (χ3n) is 4.28. The van der Waals surface area contributed by atoms with Gasteiger partial charge in [-0.25, -0.2) is 8.42 Å². The molecular formula is C13H23N3O4S. The molecule has 2 saturated heterocycles. The Morgan fingerprint density at radius 1 is 1.29 bits per heavy atom. The van der Waals surface area contributed by atoms with E-state index in [0.29, 0.717) is 26.1 Å². The lowest BCUT2D eigenvalue weighted by Gasteiger charge is -2.44. The molecule has 2 aliphatic heterocycles. The summed E-state index contributed by atoms with van der Waals surface area (Å²) >= 11 is 0. The third-order valence-corrected chi connectivity index (χ3v) is 5.57. The molecule has 0 radical (unpaired) electrons. The van der Waals surface area contributed by atoms with Crippen LogP contribution in [0.4, 0.5) is 0 Å². The topological polar surface area (TPSA) is 86.8 Å². The van der Waals surface area contributed by atoms with Crippen LogP contribution in [-0.4, -0.2) is 66.9 Å². The Labute approximate surface area is 125 Å². The van der Waals surface area contributed by atoms with Crippen molar-refractivity contribution >= 4 is 21.8 Å². The van der Waals surface area contributed by atoms with E-state index in [1.807, 2.05) is 0 Å². The van der Waals surface area contributed by atoms with Crippen molar-refractivity contribution < 1.29 is 18.0 Å². The quantitative estimate of drug-likeness (QED) is 0.746. The van der Waals surface area contributed by atoms with Crippen LogP contribution in [0.25, 0.3) is 0 Å². The summed E-state index contributed by atoms with van der Waals surface area (Å²) in [4.78, 5) is 26.3. The zero-order valence-corrected chi connectivity index (χ0v) is 13.6. The molecule has 7 nitrogen and oxygen atoms in total. The Morgan fingerprint density at radius 2 is 1.95 bits per heavy atom. The Balaban J connectivity index is 2.27. The number of amides is 2. The molecule has 0 aromatic heterocycles. The van der Waals surface area contributed by atoms with Gasteiger partial charge < -0.3 is 10.2 Å². The molecule has 0 saturated carbocycles. The molecule has 0 bridgehead atoms. The molecule has 21 heavy (non-hydrogen) atoms. The predicted octanol–water partition coefficient (Wildman–Crippen LogP) is -0.462. The second kappa shape index (κ2) is 5.57. The Morgan fingerprint density at radius 3 is 2.57 bits per heavy atom. The lowest BCUT2D eigenvalue weighted by molar-refractivity contribution is -0.152. The number of hydrogen-bond donors (Lipinski definition) is 1. The molecule has 0 aromatic carbocycles. The van der Waals surface area contributed by atoms with Crippen molar-refractivity contribution in [3.05, 3.63) is 0 Å². The number of sulfonamides is 1. The average Bonchev–Trinajstić information content (AvgIpc) is 2.40. The van der Waals surface area contributed by atoms with Crippen LogP contribution in [0.1, 0.15) is 33.1 Å². The van der Waals surface area contributed by atoms with Gasteiger partial charge in [0.05, 0.1) is 6.26 Å². The van der Waals surface area contributed by atoms with Crippen molar-refractivity contribution in [3.63, 3.8) is 0 Å². The van der Waals surface area contributed by atoms with Gasteiger partial charge in [0.15, 0.2) is 0 Å². The Hall–Kier alpha value is -1.15. The van der Waals surface area contributed by atoms with Crippen LogP contribution in [0.5, 0.6) is 0 Å². The predicted molar refractivity (Wildman–Crippen MR) is 78.0 cm³/mol. The van der Waals surface area contributed by atoms with Crippen molar-refractivity contribution in [3.8, 4) is 0 Å². The maximum Gasteiger partial charge on any atom is 0.245 e. The van der Waals surface area contributed by atoms with E-state index < -0.39 is 21.6 Å². The summed E-state index contributed by atoms with van der Waals surface area (Å²) < 4.78 is 25.1. The number of piperazine rings is 1. The summed E-state index contributed by atoms with van der Waals surface area (Å²) in [6.07, 6.45) is 3.23. The van der Waals surface area contributed by atoms with E-state index in [2.05, 4.69) is 5.32 Å². The lowest BCUT2D eigenvalue weighted by Crippen LogP contribution is -2.66. The number of nitrogens with zero attached hydrogens (tertiary/aromatic N) is 2. The van der Waals surface area contributed by atoms with Gasteiger partial charge in [-0.15, -0.1) is 0 Å². The fourth-order valence-electron chi connectivity index (χ4n) is 3.01. The summed E-state index contributed by atoms with van der Waals surface area (Å²) in [6.45, 7) is 4.56. The summed E-state index contributed by atoms with van der Waals surface area (Å²) in [6, 6.07) is -0.682. The summed E-state index contributed by atoms with van der Waals surface area (Å²) in [5, 5.41) is 2.74. The van der Waals surface area contributed by atoms with Crippen LogP contribution in [0.2, 0.25) is 0 Å². The minimum atomic E-state index is -3.42. The minimum Gasteiger partial charge on any atom is -0.352 e. The van der Waals surface area contributed by atoms with Gasteiger partial charge in [-0.1, -0.05) is 6.42 Å². The molecule has 2 fully saturated rings. The van der Waals surface area contributed by atoms with Crippen LogP contribution < -0.4 is 5.32 Å². The molecule has 8 heteroatoms. The SMILES string of the molecule is CC1(C)C(=O)NCCN1C(=O)C1CCCCN1S(C)(=O)=O.